The highest BCUT2D eigenvalue weighted by Crippen LogP contribution is 2.22. The van der Waals surface area contributed by atoms with Gasteiger partial charge in [0.15, 0.2) is 0 Å². The van der Waals surface area contributed by atoms with Gasteiger partial charge in [0.25, 0.3) is 5.91 Å². The van der Waals surface area contributed by atoms with Crippen molar-refractivity contribution in [3.63, 3.8) is 0 Å². The molecule has 1 aromatic carbocycles. The van der Waals surface area contributed by atoms with E-state index in [4.69, 9.17) is 5.11 Å². The van der Waals surface area contributed by atoms with E-state index in [-0.39, 0.29) is 12.5 Å². The van der Waals surface area contributed by atoms with Crippen LogP contribution >= 0.6 is 15.9 Å². The Bertz CT molecular complexity index is 501. The molecule has 0 aromatic heterocycles. The maximum absolute atomic E-state index is 12.1. The van der Waals surface area contributed by atoms with E-state index in [1.54, 1.807) is 26.0 Å². The number of hydrogen-bond donors (Lipinski definition) is 2. The summed E-state index contributed by atoms with van der Waals surface area (Å²) in [5.74, 6) is -1.15. The highest BCUT2D eigenvalue weighted by Gasteiger charge is 2.31. The summed E-state index contributed by atoms with van der Waals surface area (Å²) in [7, 11) is 0. The molecular formula is C14H18BrNO3. The van der Waals surface area contributed by atoms with E-state index in [1.165, 1.54) is 0 Å². The van der Waals surface area contributed by atoms with E-state index in [0.29, 0.717) is 12.0 Å². The lowest BCUT2D eigenvalue weighted by Crippen LogP contribution is -2.40. The number of nitrogens with one attached hydrogen (secondary N) is 1. The van der Waals surface area contributed by atoms with Crippen LogP contribution in [0.25, 0.3) is 0 Å². The number of carboxylic acid groups (broad SMARTS) is 1. The number of rotatable bonds is 5. The lowest BCUT2D eigenvalue weighted by molar-refractivity contribution is -0.147. The van der Waals surface area contributed by atoms with Gasteiger partial charge in [-0.2, -0.15) is 0 Å². The number of halogens is 1. The van der Waals surface area contributed by atoms with Gasteiger partial charge in [0, 0.05) is 16.6 Å². The average molecular weight is 328 g/mol. The molecule has 1 aromatic rings. The highest BCUT2D eigenvalue weighted by molar-refractivity contribution is 9.10. The Morgan fingerprint density at radius 1 is 1.42 bits per heavy atom. The zero-order chi connectivity index (χ0) is 14.6. The SMILES string of the molecule is CCC(C)(CNC(=O)c1cccc(Br)c1C)C(=O)O. The molecule has 0 heterocycles. The van der Waals surface area contributed by atoms with E-state index in [9.17, 15) is 9.59 Å². The largest absolute Gasteiger partial charge is 0.481 e. The summed E-state index contributed by atoms with van der Waals surface area (Å²) in [4.78, 5) is 23.2. The quantitative estimate of drug-likeness (QED) is 0.873. The fraction of sp³-hybridized carbons (Fsp3) is 0.429. The maximum atomic E-state index is 12.1. The molecule has 1 rings (SSSR count). The number of amides is 1. The average Bonchev–Trinajstić information content (AvgIpc) is 2.38. The van der Waals surface area contributed by atoms with Crippen molar-refractivity contribution in [3.05, 3.63) is 33.8 Å². The van der Waals surface area contributed by atoms with Crippen molar-refractivity contribution >= 4 is 27.8 Å². The van der Waals surface area contributed by atoms with Gasteiger partial charge in [-0.3, -0.25) is 9.59 Å². The van der Waals surface area contributed by atoms with Gasteiger partial charge in [-0.15, -0.1) is 0 Å². The summed E-state index contributed by atoms with van der Waals surface area (Å²) in [6.07, 6.45) is 0.458. The van der Waals surface area contributed by atoms with Crippen LogP contribution < -0.4 is 5.32 Å². The molecule has 0 saturated carbocycles. The predicted octanol–water partition coefficient (Wildman–Crippen LogP) is 2.99. The number of carbonyl (C=O) groups is 2. The summed E-state index contributed by atoms with van der Waals surface area (Å²) in [5, 5.41) is 11.9. The van der Waals surface area contributed by atoms with Crippen LogP contribution in [0.5, 0.6) is 0 Å². The van der Waals surface area contributed by atoms with Crippen molar-refractivity contribution in [2.75, 3.05) is 6.54 Å². The van der Waals surface area contributed by atoms with Crippen LogP contribution in [-0.2, 0) is 4.79 Å². The number of carbonyl (C=O) groups excluding carboxylic acids is 1. The molecule has 1 unspecified atom stereocenters. The Kier molecular flexibility index (Phi) is 5.11. The molecule has 0 aliphatic rings. The van der Waals surface area contributed by atoms with Crippen molar-refractivity contribution < 1.29 is 14.7 Å². The van der Waals surface area contributed by atoms with Crippen molar-refractivity contribution in [2.45, 2.75) is 27.2 Å². The predicted molar refractivity (Wildman–Crippen MR) is 77.2 cm³/mol. The smallest absolute Gasteiger partial charge is 0.311 e. The van der Waals surface area contributed by atoms with Gasteiger partial charge in [0.2, 0.25) is 0 Å². The van der Waals surface area contributed by atoms with Gasteiger partial charge < -0.3 is 10.4 Å². The van der Waals surface area contributed by atoms with Crippen molar-refractivity contribution in [1.29, 1.82) is 0 Å². The minimum atomic E-state index is -0.935. The highest BCUT2D eigenvalue weighted by atomic mass is 79.9. The minimum Gasteiger partial charge on any atom is -0.481 e. The Balaban J connectivity index is 2.81. The second-order valence-corrected chi connectivity index (χ2v) is 5.67. The summed E-state index contributed by atoms with van der Waals surface area (Å²) in [6, 6.07) is 5.36. The Labute approximate surface area is 121 Å². The zero-order valence-electron chi connectivity index (χ0n) is 11.3. The molecule has 2 N–H and O–H groups in total. The lowest BCUT2D eigenvalue weighted by Gasteiger charge is -2.23. The third kappa shape index (κ3) is 3.56. The third-order valence-corrected chi connectivity index (χ3v) is 4.31. The maximum Gasteiger partial charge on any atom is 0.311 e. The molecule has 1 amide bonds. The molecule has 0 radical (unpaired) electrons. The second kappa shape index (κ2) is 6.19. The van der Waals surface area contributed by atoms with E-state index in [1.807, 2.05) is 13.0 Å². The van der Waals surface area contributed by atoms with Gasteiger partial charge >= 0.3 is 5.97 Å². The second-order valence-electron chi connectivity index (χ2n) is 4.81. The molecule has 0 spiro atoms. The van der Waals surface area contributed by atoms with E-state index in [0.717, 1.165) is 10.0 Å². The van der Waals surface area contributed by atoms with Crippen molar-refractivity contribution in [1.82, 2.24) is 5.32 Å². The Morgan fingerprint density at radius 3 is 2.58 bits per heavy atom. The first-order valence-electron chi connectivity index (χ1n) is 6.08. The van der Waals surface area contributed by atoms with E-state index < -0.39 is 11.4 Å². The number of benzene rings is 1. The van der Waals surface area contributed by atoms with Gasteiger partial charge in [-0.05, 0) is 38.0 Å². The van der Waals surface area contributed by atoms with Crippen LogP contribution in [0.1, 0.15) is 36.2 Å². The summed E-state index contributed by atoms with van der Waals surface area (Å²) in [6.45, 7) is 5.38. The molecule has 0 fully saturated rings. The zero-order valence-corrected chi connectivity index (χ0v) is 12.9. The van der Waals surface area contributed by atoms with Gasteiger partial charge in [-0.25, -0.2) is 0 Å². The van der Waals surface area contributed by atoms with Crippen molar-refractivity contribution in [3.8, 4) is 0 Å². The van der Waals surface area contributed by atoms with Crippen LogP contribution in [0.2, 0.25) is 0 Å². The molecule has 0 bridgehead atoms. The normalized spacial score (nSPS) is 13.7. The Morgan fingerprint density at radius 2 is 2.05 bits per heavy atom. The first-order chi connectivity index (χ1) is 8.81. The van der Waals surface area contributed by atoms with Crippen LogP contribution in [0.15, 0.2) is 22.7 Å². The molecular weight excluding hydrogens is 310 g/mol. The summed E-state index contributed by atoms with van der Waals surface area (Å²) < 4.78 is 0.858. The fourth-order valence-corrected chi connectivity index (χ4v) is 1.94. The molecule has 104 valence electrons. The molecule has 0 aliphatic carbocycles. The molecule has 0 saturated heterocycles. The van der Waals surface area contributed by atoms with Gasteiger partial charge in [0.05, 0.1) is 5.41 Å². The first kappa shape index (κ1) is 15.7. The van der Waals surface area contributed by atoms with Crippen molar-refractivity contribution in [2.24, 2.45) is 5.41 Å². The van der Waals surface area contributed by atoms with Crippen LogP contribution in [0, 0.1) is 12.3 Å². The van der Waals surface area contributed by atoms with Gasteiger partial charge in [-0.1, -0.05) is 28.9 Å². The van der Waals surface area contributed by atoms with Crippen LogP contribution in [-0.4, -0.2) is 23.5 Å². The monoisotopic (exact) mass is 327 g/mol. The lowest BCUT2D eigenvalue weighted by atomic mass is 9.87. The van der Waals surface area contributed by atoms with Crippen LogP contribution in [0.3, 0.4) is 0 Å². The molecule has 4 nitrogen and oxygen atoms in total. The van der Waals surface area contributed by atoms with E-state index in [2.05, 4.69) is 21.2 Å². The molecule has 1 atom stereocenters. The third-order valence-electron chi connectivity index (χ3n) is 3.45. The topological polar surface area (TPSA) is 66.4 Å². The van der Waals surface area contributed by atoms with Gasteiger partial charge in [0.1, 0.15) is 0 Å². The fourth-order valence-electron chi connectivity index (χ4n) is 1.58. The Hall–Kier alpha value is -1.36. The minimum absolute atomic E-state index is 0.115. The summed E-state index contributed by atoms with van der Waals surface area (Å²) in [5.41, 5.74) is 0.460. The summed E-state index contributed by atoms with van der Waals surface area (Å²) >= 11 is 3.37. The first-order valence-corrected chi connectivity index (χ1v) is 6.88. The van der Waals surface area contributed by atoms with E-state index >= 15 is 0 Å². The van der Waals surface area contributed by atoms with Crippen LogP contribution in [0.4, 0.5) is 0 Å². The molecule has 5 heteroatoms. The number of carboxylic acids is 1. The number of aliphatic carboxylic acids is 1. The standard InChI is InChI=1S/C14H18BrNO3/c1-4-14(3,13(18)19)8-16-12(17)10-6-5-7-11(15)9(10)2/h5-7H,4,8H2,1-3H3,(H,16,17)(H,18,19). The molecule has 19 heavy (non-hydrogen) atoms. The number of hydrogen-bond acceptors (Lipinski definition) is 2. The molecule has 0 aliphatic heterocycles.